The Morgan fingerprint density at radius 2 is 0.530 bits per heavy atom. The number of hydrogen-bond acceptors (Lipinski definition) is 6. The minimum atomic E-state index is -0.764. The van der Waals surface area contributed by atoms with Crippen molar-refractivity contribution in [3.63, 3.8) is 0 Å². The predicted octanol–water partition coefficient (Wildman–Crippen LogP) is 19.5. The summed E-state index contributed by atoms with van der Waals surface area (Å²) in [6.07, 6.45) is 54.0. The monoisotopic (exact) mass is 933 g/mol. The predicted molar refractivity (Wildman–Crippen MR) is 284 cm³/mol. The van der Waals surface area contributed by atoms with Gasteiger partial charge in [0.15, 0.2) is 6.10 Å². The molecule has 2 atom stereocenters. The fraction of sp³-hybridized carbons (Fsp3) is 0.950. The van der Waals surface area contributed by atoms with E-state index in [9.17, 15) is 14.4 Å². The molecule has 0 aromatic carbocycles. The smallest absolute Gasteiger partial charge is 0.306 e. The molecule has 66 heavy (non-hydrogen) atoms. The van der Waals surface area contributed by atoms with E-state index in [0.29, 0.717) is 19.3 Å². The van der Waals surface area contributed by atoms with Crippen molar-refractivity contribution in [1.29, 1.82) is 0 Å². The first-order valence-corrected chi connectivity index (χ1v) is 29.6. The highest BCUT2D eigenvalue weighted by Crippen LogP contribution is 2.19. The van der Waals surface area contributed by atoms with Gasteiger partial charge in [0.1, 0.15) is 13.2 Å². The Balaban J connectivity index is 4.16. The third kappa shape index (κ3) is 51.8. The van der Waals surface area contributed by atoms with Crippen LogP contribution < -0.4 is 0 Å². The molecule has 0 heterocycles. The van der Waals surface area contributed by atoms with E-state index in [2.05, 4.69) is 41.5 Å². The molecular formula is C60H116O6. The van der Waals surface area contributed by atoms with Gasteiger partial charge in [-0.15, -0.1) is 0 Å². The van der Waals surface area contributed by atoms with Crippen LogP contribution in [0.2, 0.25) is 0 Å². The third-order valence-electron chi connectivity index (χ3n) is 14.0. The van der Waals surface area contributed by atoms with Crippen molar-refractivity contribution >= 4 is 17.9 Å². The molecule has 0 fully saturated rings. The maximum absolute atomic E-state index is 12.8. The van der Waals surface area contributed by atoms with Gasteiger partial charge in [-0.25, -0.2) is 0 Å². The van der Waals surface area contributed by atoms with Gasteiger partial charge in [-0.3, -0.25) is 14.4 Å². The van der Waals surface area contributed by atoms with Crippen molar-refractivity contribution < 1.29 is 28.6 Å². The Morgan fingerprint density at radius 3 is 0.788 bits per heavy atom. The zero-order valence-electron chi connectivity index (χ0n) is 45.5. The second kappa shape index (κ2) is 51.3. The number of carbonyl (C=O) groups excluding carboxylic acids is 3. The topological polar surface area (TPSA) is 78.9 Å². The summed E-state index contributed by atoms with van der Waals surface area (Å²) in [7, 11) is 0. The van der Waals surface area contributed by atoms with E-state index in [4.69, 9.17) is 14.2 Å². The van der Waals surface area contributed by atoms with E-state index in [1.165, 1.54) is 212 Å². The lowest BCUT2D eigenvalue weighted by molar-refractivity contribution is -0.167. The number of ether oxygens (including phenoxy) is 3. The first-order valence-electron chi connectivity index (χ1n) is 29.6. The highest BCUT2D eigenvalue weighted by Gasteiger charge is 2.19. The van der Waals surface area contributed by atoms with Gasteiger partial charge in [-0.2, -0.15) is 0 Å². The molecule has 1 unspecified atom stereocenters. The summed E-state index contributed by atoms with van der Waals surface area (Å²) in [5.41, 5.74) is 0. The number of rotatable bonds is 53. The maximum atomic E-state index is 12.8. The number of esters is 3. The normalized spacial score (nSPS) is 12.5. The Morgan fingerprint density at radius 1 is 0.303 bits per heavy atom. The molecule has 0 saturated heterocycles. The highest BCUT2D eigenvalue weighted by molar-refractivity contribution is 5.71. The fourth-order valence-corrected chi connectivity index (χ4v) is 9.14. The second-order valence-electron chi connectivity index (χ2n) is 21.8. The van der Waals surface area contributed by atoms with Crippen molar-refractivity contribution in [2.45, 2.75) is 337 Å². The van der Waals surface area contributed by atoms with Crippen LogP contribution in [0.1, 0.15) is 330 Å². The zero-order valence-corrected chi connectivity index (χ0v) is 45.5. The average molecular weight is 934 g/mol. The van der Waals surface area contributed by atoms with Crippen LogP contribution in [0, 0.1) is 17.8 Å². The quantitative estimate of drug-likeness (QED) is 0.0343. The van der Waals surface area contributed by atoms with Crippen molar-refractivity contribution in [1.82, 2.24) is 0 Å². The molecule has 0 aliphatic heterocycles. The second-order valence-corrected chi connectivity index (χ2v) is 21.8. The van der Waals surface area contributed by atoms with Gasteiger partial charge in [0.05, 0.1) is 0 Å². The summed E-state index contributed by atoms with van der Waals surface area (Å²) >= 11 is 0. The molecule has 0 radical (unpaired) electrons. The molecule has 0 bridgehead atoms. The van der Waals surface area contributed by atoms with Crippen LogP contribution in [0.5, 0.6) is 0 Å². The SMILES string of the molecule is CCC(C)CCCCCCCCCCCCCCCCC(=O)OC[C@H](COC(=O)CCCCCCCCCCCCCCCCCCCCC(C)C)OC(=O)CCCCCCCCC(C)C. The molecule has 6 heteroatoms. The lowest BCUT2D eigenvalue weighted by Gasteiger charge is -2.18. The summed E-state index contributed by atoms with van der Waals surface area (Å²) in [6.45, 7) is 13.7. The van der Waals surface area contributed by atoms with E-state index < -0.39 is 6.10 Å². The number of unbranched alkanes of at least 4 members (excludes halogenated alkanes) is 35. The molecule has 0 aliphatic rings. The Labute approximate surface area is 412 Å². The Hall–Kier alpha value is -1.59. The molecule has 0 N–H and O–H groups in total. The first kappa shape index (κ1) is 64.4. The van der Waals surface area contributed by atoms with Gasteiger partial charge in [0, 0.05) is 19.3 Å². The van der Waals surface area contributed by atoms with Crippen LogP contribution >= 0.6 is 0 Å². The van der Waals surface area contributed by atoms with Gasteiger partial charge < -0.3 is 14.2 Å². The van der Waals surface area contributed by atoms with E-state index in [-0.39, 0.29) is 31.1 Å². The molecule has 0 aliphatic carbocycles. The van der Waals surface area contributed by atoms with Crippen molar-refractivity contribution in [2.24, 2.45) is 17.8 Å². The maximum Gasteiger partial charge on any atom is 0.306 e. The Bertz CT molecular complexity index is 1020. The largest absolute Gasteiger partial charge is 0.462 e. The van der Waals surface area contributed by atoms with Crippen LogP contribution in [-0.2, 0) is 28.6 Å². The molecule has 392 valence electrons. The molecule has 0 aromatic heterocycles. The van der Waals surface area contributed by atoms with E-state index in [1.54, 1.807) is 0 Å². The van der Waals surface area contributed by atoms with Gasteiger partial charge in [0.2, 0.25) is 0 Å². The fourth-order valence-electron chi connectivity index (χ4n) is 9.14. The lowest BCUT2D eigenvalue weighted by atomic mass is 9.99. The molecule has 0 spiro atoms. The average Bonchev–Trinajstić information content (AvgIpc) is 3.29. The molecule has 0 amide bonds. The summed E-state index contributed by atoms with van der Waals surface area (Å²) in [4.78, 5) is 38.1. The summed E-state index contributed by atoms with van der Waals surface area (Å²) in [5, 5.41) is 0. The van der Waals surface area contributed by atoms with Gasteiger partial charge in [0.25, 0.3) is 0 Å². The third-order valence-corrected chi connectivity index (χ3v) is 14.0. The van der Waals surface area contributed by atoms with Crippen LogP contribution in [0.4, 0.5) is 0 Å². The molecule has 0 rings (SSSR count). The zero-order chi connectivity index (χ0) is 48.4. The molecule has 0 saturated carbocycles. The lowest BCUT2D eigenvalue weighted by Crippen LogP contribution is -2.30. The highest BCUT2D eigenvalue weighted by atomic mass is 16.6. The van der Waals surface area contributed by atoms with Crippen LogP contribution in [0.3, 0.4) is 0 Å². The summed E-state index contributed by atoms with van der Waals surface area (Å²) in [6, 6.07) is 0. The number of carbonyl (C=O) groups is 3. The van der Waals surface area contributed by atoms with Crippen molar-refractivity contribution in [3.8, 4) is 0 Å². The summed E-state index contributed by atoms with van der Waals surface area (Å²) in [5.74, 6) is 1.66. The van der Waals surface area contributed by atoms with Gasteiger partial charge >= 0.3 is 17.9 Å². The van der Waals surface area contributed by atoms with E-state index in [1.807, 2.05) is 0 Å². The standard InChI is InChI=1S/C60H116O6/c1-7-56(6)48-42-36-29-25-21-17-14-15-19-23-27-31-38-44-50-59(62)65-53-57(66-60(63)51-45-39-33-32-35-41-47-55(4)5)52-64-58(61)49-43-37-30-26-22-18-13-11-9-8-10-12-16-20-24-28-34-40-46-54(2)3/h54-57H,7-53H2,1-6H3/t56?,57-/m0/s1. The first-order chi connectivity index (χ1) is 32.1. The van der Waals surface area contributed by atoms with Crippen LogP contribution in [-0.4, -0.2) is 37.2 Å². The molecule has 0 aromatic rings. The summed E-state index contributed by atoms with van der Waals surface area (Å²) < 4.78 is 16.9. The van der Waals surface area contributed by atoms with Gasteiger partial charge in [-0.1, -0.05) is 292 Å². The van der Waals surface area contributed by atoms with Crippen LogP contribution in [0.25, 0.3) is 0 Å². The molecular weight excluding hydrogens is 817 g/mol. The van der Waals surface area contributed by atoms with Crippen molar-refractivity contribution in [2.75, 3.05) is 13.2 Å². The van der Waals surface area contributed by atoms with E-state index >= 15 is 0 Å². The minimum Gasteiger partial charge on any atom is -0.462 e. The van der Waals surface area contributed by atoms with Crippen LogP contribution in [0.15, 0.2) is 0 Å². The Kier molecular flexibility index (Phi) is 50.0. The van der Waals surface area contributed by atoms with E-state index in [0.717, 1.165) is 75.5 Å². The minimum absolute atomic E-state index is 0.0646. The van der Waals surface area contributed by atoms with Gasteiger partial charge in [-0.05, 0) is 37.0 Å². The van der Waals surface area contributed by atoms with Crippen molar-refractivity contribution in [3.05, 3.63) is 0 Å². The number of hydrogen-bond donors (Lipinski definition) is 0. The molecule has 6 nitrogen and oxygen atoms in total.